The van der Waals surface area contributed by atoms with Crippen molar-refractivity contribution in [2.24, 2.45) is 5.92 Å². The lowest BCUT2D eigenvalue weighted by molar-refractivity contribution is 0.136. The molecule has 0 saturated carbocycles. The Morgan fingerprint density at radius 3 is 2.94 bits per heavy atom. The van der Waals surface area contributed by atoms with Crippen LogP contribution in [0.5, 0.6) is 0 Å². The Labute approximate surface area is 103 Å². The van der Waals surface area contributed by atoms with E-state index in [9.17, 15) is 5.11 Å². The molecular formula is C10H15ClN2O2S. The van der Waals surface area contributed by atoms with E-state index < -0.39 is 0 Å². The number of thiazole rings is 1. The van der Waals surface area contributed by atoms with Crippen LogP contribution < -0.4 is 4.90 Å². The van der Waals surface area contributed by atoms with Gasteiger partial charge in [-0.1, -0.05) is 22.9 Å². The van der Waals surface area contributed by atoms with Gasteiger partial charge in [0.15, 0.2) is 5.13 Å². The standard InChI is InChI=1S/C10H15ClN2O2S/c1-6(15)7-2-3-13(4-7)10-12-9(11)8(5-14)16-10/h6-7,14-15H,2-5H2,1H3. The summed E-state index contributed by atoms with van der Waals surface area (Å²) in [6.45, 7) is 3.46. The van der Waals surface area contributed by atoms with Gasteiger partial charge in [0.05, 0.1) is 17.6 Å². The van der Waals surface area contributed by atoms with Crippen LogP contribution in [-0.2, 0) is 6.61 Å². The predicted octanol–water partition coefficient (Wildman–Crippen LogP) is 1.50. The maximum absolute atomic E-state index is 9.51. The molecule has 4 nitrogen and oxygen atoms in total. The molecule has 1 aromatic heterocycles. The normalized spacial score (nSPS) is 22.8. The summed E-state index contributed by atoms with van der Waals surface area (Å²) in [4.78, 5) is 7.05. The Bertz CT molecular complexity index is 370. The van der Waals surface area contributed by atoms with Crippen molar-refractivity contribution in [3.05, 3.63) is 10.0 Å². The number of hydrogen-bond donors (Lipinski definition) is 2. The number of aromatic nitrogens is 1. The van der Waals surface area contributed by atoms with E-state index in [2.05, 4.69) is 9.88 Å². The number of rotatable bonds is 3. The smallest absolute Gasteiger partial charge is 0.187 e. The third-order valence-electron chi connectivity index (χ3n) is 2.96. The molecule has 2 N–H and O–H groups in total. The first-order valence-electron chi connectivity index (χ1n) is 5.31. The average molecular weight is 263 g/mol. The van der Waals surface area contributed by atoms with Crippen LogP contribution in [0.2, 0.25) is 5.15 Å². The molecular weight excluding hydrogens is 248 g/mol. The zero-order chi connectivity index (χ0) is 11.7. The number of aliphatic hydroxyl groups excluding tert-OH is 2. The zero-order valence-corrected chi connectivity index (χ0v) is 10.6. The third kappa shape index (κ3) is 2.32. The van der Waals surface area contributed by atoms with Crippen molar-refractivity contribution < 1.29 is 10.2 Å². The molecule has 2 unspecified atom stereocenters. The lowest BCUT2D eigenvalue weighted by atomic mass is 10.0. The molecule has 2 atom stereocenters. The van der Waals surface area contributed by atoms with E-state index in [0.717, 1.165) is 24.6 Å². The highest BCUT2D eigenvalue weighted by Crippen LogP contribution is 2.33. The van der Waals surface area contributed by atoms with E-state index in [1.165, 1.54) is 11.3 Å². The topological polar surface area (TPSA) is 56.6 Å². The van der Waals surface area contributed by atoms with E-state index >= 15 is 0 Å². The average Bonchev–Trinajstić information content (AvgIpc) is 2.83. The number of halogens is 1. The van der Waals surface area contributed by atoms with Crippen LogP contribution in [-0.4, -0.2) is 34.4 Å². The van der Waals surface area contributed by atoms with Crippen LogP contribution in [0, 0.1) is 5.92 Å². The van der Waals surface area contributed by atoms with Gasteiger partial charge in [0.25, 0.3) is 0 Å². The summed E-state index contributed by atoms with van der Waals surface area (Å²) < 4.78 is 0. The molecule has 90 valence electrons. The molecule has 0 bridgehead atoms. The van der Waals surface area contributed by atoms with Gasteiger partial charge in [-0.05, 0) is 13.3 Å². The van der Waals surface area contributed by atoms with Crippen molar-refractivity contribution in [3.63, 3.8) is 0 Å². The zero-order valence-electron chi connectivity index (χ0n) is 9.06. The second kappa shape index (κ2) is 4.87. The van der Waals surface area contributed by atoms with Crippen LogP contribution >= 0.6 is 22.9 Å². The highest BCUT2D eigenvalue weighted by Gasteiger charge is 2.28. The fourth-order valence-corrected chi connectivity index (χ4v) is 3.06. The minimum atomic E-state index is -0.280. The summed E-state index contributed by atoms with van der Waals surface area (Å²) in [5.41, 5.74) is 0. The molecule has 0 aliphatic carbocycles. The molecule has 1 aliphatic heterocycles. The van der Waals surface area contributed by atoms with Gasteiger partial charge in [-0.25, -0.2) is 4.98 Å². The Kier molecular flexibility index (Phi) is 3.69. The maximum atomic E-state index is 9.51. The van der Waals surface area contributed by atoms with Crippen molar-refractivity contribution in [2.45, 2.75) is 26.1 Å². The Morgan fingerprint density at radius 2 is 2.44 bits per heavy atom. The summed E-state index contributed by atoms with van der Waals surface area (Å²) in [7, 11) is 0. The lowest BCUT2D eigenvalue weighted by Gasteiger charge is -2.16. The molecule has 2 heterocycles. The van der Waals surface area contributed by atoms with E-state index in [1.807, 2.05) is 6.92 Å². The van der Waals surface area contributed by atoms with Gasteiger partial charge in [0.1, 0.15) is 5.15 Å². The fraction of sp³-hybridized carbons (Fsp3) is 0.700. The molecule has 1 aromatic rings. The van der Waals surface area contributed by atoms with Gasteiger partial charge in [-0.2, -0.15) is 0 Å². The molecule has 1 saturated heterocycles. The summed E-state index contributed by atoms with van der Waals surface area (Å²) >= 11 is 7.31. The predicted molar refractivity (Wildman–Crippen MR) is 65.0 cm³/mol. The van der Waals surface area contributed by atoms with Gasteiger partial charge in [0, 0.05) is 19.0 Å². The SMILES string of the molecule is CC(O)C1CCN(c2nc(Cl)c(CO)s2)C1. The number of aliphatic hydroxyl groups is 2. The molecule has 0 aromatic carbocycles. The number of anilines is 1. The Morgan fingerprint density at radius 1 is 1.69 bits per heavy atom. The first kappa shape index (κ1) is 12.1. The van der Waals surface area contributed by atoms with Gasteiger partial charge in [0.2, 0.25) is 0 Å². The Hall–Kier alpha value is -0.360. The summed E-state index contributed by atoms with van der Waals surface area (Å²) in [6, 6.07) is 0. The maximum Gasteiger partial charge on any atom is 0.187 e. The highest BCUT2D eigenvalue weighted by molar-refractivity contribution is 7.16. The molecule has 0 amide bonds. The van der Waals surface area contributed by atoms with E-state index in [4.69, 9.17) is 16.7 Å². The van der Waals surface area contributed by atoms with Crippen LogP contribution in [0.1, 0.15) is 18.2 Å². The molecule has 1 fully saturated rings. The van der Waals surface area contributed by atoms with E-state index in [0.29, 0.717) is 15.9 Å². The summed E-state index contributed by atoms with van der Waals surface area (Å²) in [6.07, 6.45) is 0.696. The van der Waals surface area contributed by atoms with Crippen LogP contribution in [0.25, 0.3) is 0 Å². The van der Waals surface area contributed by atoms with Crippen molar-refractivity contribution in [1.29, 1.82) is 0 Å². The second-order valence-corrected chi connectivity index (χ2v) is 5.52. The first-order chi connectivity index (χ1) is 7.61. The van der Waals surface area contributed by atoms with Gasteiger partial charge in [-0.3, -0.25) is 0 Å². The minimum absolute atomic E-state index is 0.0653. The van der Waals surface area contributed by atoms with Crippen molar-refractivity contribution in [3.8, 4) is 0 Å². The van der Waals surface area contributed by atoms with Gasteiger partial charge in [-0.15, -0.1) is 0 Å². The minimum Gasteiger partial charge on any atom is -0.393 e. The monoisotopic (exact) mass is 262 g/mol. The molecule has 0 spiro atoms. The van der Waals surface area contributed by atoms with Crippen molar-refractivity contribution in [1.82, 2.24) is 4.98 Å². The molecule has 1 aliphatic rings. The van der Waals surface area contributed by atoms with Crippen LogP contribution in [0.4, 0.5) is 5.13 Å². The molecule has 16 heavy (non-hydrogen) atoms. The van der Waals surface area contributed by atoms with Crippen molar-refractivity contribution in [2.75, 3.05) is 18.0 Å². The van der Waals surface area contributed by atoms with Crippen LogP contribution in [0.3, 0.4) is 0 Å². The first-order valence-corrected chi connectivity index (χ1v) is 6.50. The number of hydrogen-bond acceptors (Lipinski definition) is 5. The fourth-order valence-electron chi connectivity index (χ4n) is 1.91. The van der Waals surface area contributed by atoms with Crippen LogP contribution in [0.15, 0.2) is 0 Å². The molecule has 6 heteroatoms. The number of nitrogens with zero attached hydrogens (tertiary/aromatic N) is 2. The quantitative estimate of drug-likeness (QED) is 0.867. The Balaban J connectivity index is 2.08. The molecule has 2 rings (SSSR count). The van der Waals surface area contributed by atoms with Gasteiger partial charge < -0.3 is 15.1 Å². The second-order valence-electron chi connectivity index (χ2n) is 4.10. The van der Waals surface area contributed by atoms with Gasteiger partial charge >= 0.3 is 0 Å². The van der Waals surface area contributed by atoms with E-state index in [-0.39, 0.29) is 12.7 Å². The highest BCUT2D eigenvalue weighted by atomic mass is 35.5. The summed E-state index contributed by atoms with van der Waals surface area (Å²) in [5, 5.41) is 19.8. The van der Waals surface area contributed by atoms with E-state index in [1.54, 1.807) is 0 Å². The third-order valence-corrected chi connectivity index (χ3v) is 4.49. The summed E-state index contributed by atoms with van der Waals surface area (Å²) in [5.74, 6) is 0.306. The molecule has 0 radical (unpaired) electrons. The van der Waals surface area contributed by atoms with Crippen molar-refractivity contribution >= 4 is 28.1 Å². The lowest BCUT2D eigenvalue weighted by Crippen LogP contribution is -2.23. The largest absolute Gasteiger partial charge is 0.393 e.